The molecule has 0 aliphatic carbocycles. The smallest absolute Gasteiger partial charge is 0.106 e. The molecule has 110 valence electrons. The number of aromatic amines is 1. The Hall–Kier alpha value is -1.25. The second kappa shape index (κ2) is 6.96. The zero-order valence-corrected chi connectivity index (χ0v) is 13.6. The lowest BCUT2D eigenvalue weighted by Crippen LogP contribution is -2.27. The summed E-state index contributed by atoms with van der Waals surface area (Å²) in [6.45, 7) is 4.66. The lowest BCUT2D eigenvalue weighted by molar-refractivity contribution is 0.365. The average Bonchev–Trinajstić information content (AvgIpc) is 3.04. The molecule has 7 nitrogen and oxygen atoms in total. The van der Waals surface area contributed by atoms with Gasteiger partial charge in [-0.1, -0.05) is 6.92 Å². The zero-order chi connectivity index (χ0) is 14.5. The van der Waals surface area contributed by atoms with Gasteiger partial charge in [0.1, 0.15) is 5.69 Å². The molecule has 1 unspecified atom stereocenters. The topological polar surface area (TPSA) is 74.7 Å². The van der Waals surface area contributed by atoms with Crippen LogP contribution in [-0.2, 0) is 6.54 Å². The van der Waals surface area contributed by atoms with Gasteiger partial charge < -0.3 is 10.2 Å². The van der Waals surface area contributed by atoms with Crippen molar-refractivity contribution in [2.75, 3.05) is 27.2 Å². The largest absolute Gasteiger partial charge is 0.308 e. The lowest BCUT2D eigenvalue weighted by Gasteiger charge is -2.19. The summed E-state index contributed by atoms with van der Waals surface area (Å²) in [7, 11) is 4.11. The van der Waals surface area contributed by atoms with Crippen LogP contribution in [0.3, 0.4) is 0 Å². The van der Waals surface area contributed by atoms with E-state index in [1.807, 2.05) is 10.9 Å². The van der Waals surface area contributed by atoms with E-state index in [0.29, 0.717) is 0 Å². The molecule has 0 fully saturated rings. The zero-order valence-electron chi connectivity index (χ0n) is 12.0. The highest BCUT2D eigenvalue weighted by molar-refractivity contribution is 9.10. The number of hydrogen-bond donors (Lipinski definition) is 2. The van der Waals surface area contributed by atoms with E-state index in [1.54, 1.807) is 6.20 Å². The van der Waals surface area contributed by atoms with E-state index in [9.17, 15) is 0 Å². The van der Waals surface area contributed by atoms with Gasteiger partial charge in [-0.3, -0.25) is 4.68 Å². The Bertz CT molecular complexity index is 520. The van der Waals surface area contributed by atoms with Crippen LogP contribution in [0.4, 0.5) is 0 Å². The van der Waals surface area contributed by atoms with Gasteiger partial charge in [-0.25, -0.2) is 0 Å². The minimum absolute atomic E-state index is 0.0298. The van der Waals surface area contributed by atoms with Crippen molar-refractivity contribution in [2.24, 2.45) is 0 Å². The van der Waals surface area contributed by atoms with Gasteiger partial charge in [0.15, 0.2) is 0 Å². The third-order valence-corrected chi connectivity index (χ3v) is 3.61. The van der Waals surface area contributed by atoms with Crippen LogP contribution in [0, 0.1) is 0 Å². The fourth-order valence-corrected chi connectivity index (χ4v) is 2.55. The van der Waals surface area contributed by atoms with Crippen molar-refractivity contribution in [3.8, 4) is 0 Å². The molecule has 0 radical (unpaired) electrons. The van der Waals surface area contributed by atoms with Gasteiger partial charge in [0.2, 0.25) is 0 Å². The maximum absolute atomic E-state index is 4.45. The first-order chi connectivity index (χ1) is 9.63. The number of aromatic nitrogens is 5. The summed E-state index contributed by atoms with van der Waals surface area (Å²) in [5, 5.41) is 18.6. The molecule has 0 spiro atoms. The van der Waals surface area contributed by atoms with Crippen LogP contribution in [0.25, 0.3) is 0 Å². The second-order valence-electron chi connectivity index (χ2n) is 4.79. The fraction of sp³-hybridized carbons (Fsp3) is 0.583. The van der Waals surface area contributed by atoms with E-state index >= 15 is 0 Å². The summed E-state index contributed by atoms with van der Waals surface area (Å²) in [6.07, 6.45) is 3.57. The summed E-state index contributed by atoms with van der Waals surface area (Å²) in [5.41, 5.74) is 1.93. The predicted molar refractivity (Wildman–Crippen MR) is 80.4 cm³/mol. The molecule has 0 bridgehead atoms. The standard InChI is InChI=1S/C12H20BrN7/c1-4-14-11(10-8-15-18-17-10)12-9(13)7-16-20(12)6-5-19(2)3/h7-8,11,14H,4-6H2,1-3H3,(H,15,17,18). The highest BCUT2D eigenvalue weighted by Crippen LogP contribution is 2.27. The molecule has 0 saturated heterocycles. The van der Waals surface area contributed by atoms with E-state index in [2.05, 4.69) is 67.7 Å². The van der Waals surface area contributed by atoms with Gasteiger partial charge in [-0.05, 0) is 36.6 Å². The monoisotopic (exact) mass is 341 g/mol. The Morgan fingerprint density at radius 3 is 2.85 bits per heavy atom. The van der Waals surface area contributed by atoms with Crippen molar-refractivity contribution in [3.63, 3.8) is 0 Å². The van der Waals surface area contributed by atoms with Gasteiger partial charge in [0.05, 0.1) is 35.1 Å². The SMILES string of the molecule is CCNC(c1cn[nH]n1)c1c(Br)cnn1CCN(C)C. The Morgan fingerprint density at radius 1 is 1.45 bits per heavy atom. The van der Waals surface area contributed by atoms with Gasteiger partial charge >= 0.3 is 0 Å². The summed E-state index contributed by atoms with van der Waals surface area (Å²) >= 11 is 3.59. The van der Waals surface area contributed by atoms with E-state index in [4.69, 9.17) is 0 Å². The maximum atomic E-state index is 4.45. The second-order valence-corrected chi connectivity index (χ2v) is 5.64. The van der Waals surface area contributed by atoms with Crippen LogP contribution in [0.15, 0.2) is 16.9 Å². The van der Waals surface area contributed by atoms with E-state index < -0.39 is 0 Å². The highest BCUT2D eigenvalue weighted by atomic mass is 79.9. The summed E-state index contributed by atoms with van der Waals surface area (Å²) < 4.78 is 2.98. The number of likely N-dealkylation sites (N-methyl/N-ethyl adjacent to an activating group) is 1. The van der Waals surface area contributed by atoms with Crippen molar-refractivity contribution >= 4 is 15.9 Å². The third-order valence-electron chi connectivity index (χ3n) is 3.00. The van der Waals surface area contributed by atoms with Gasteiger partial charge in [0, 0.05) is 6.54 Å². The molecular formula is C12H20BrN7. The molecule has 2 aromatic heterocycles. The molecular weight excluding hydrogens is 322 g/mol. The molecule has 2 aromatic rings. The lowest BCUT2D eigenvalue weighted by atomic mass is 10.1. The summed E-state index contributed by atoms with van der Waals surface area (Å²) in [4.78, 5) is 2.14. The summed E-state index contributed by atoms with van der Waals surface area (Å²) in [6, 6.07) is -0.0298. The quantitative estimate of drug-likeness (QED) is 0.786. The van der Waals surface area contributed by atoms with Crippen molar-refractivity contribution in [3.05, 3.63) is 28.3 Å². The van der Waals surface area contributed by atoms with Crippen molar-refractivity contribution in [2.45, 2.75) is 19.5 Å². The van der Waals surface area contributed by atoms with Crippen LogP contribution < -0.4 is 5.32 Å². The first-order valence-electron chi connectivity index (χ1n) is 6.58. The van der Waals surface area contributed by atoms with E-state index in [0.717, 1.165) is 35.5 Å². The fourth-order valence-electron chi connectivity index (χ4n) is 2.03. The van der Waals surface area contributed by atoms with Gasteiger partial charge in [-0.15, -0.1) is 0 Å². The van der Waals surface area contributed by atoms with Crippen LogP contribution in [0.2, 0.25) is 0 Å². The molecule has 20 heavy (non-hydrogen) atoms. The van der Waals surface area contributed by atoms with Crippen molar-refractivity contribution in [1.29, 1.82) is 0 Å². The molecule has 0 amide bonds. The van der Waals surface area contributed by atoms with Gasteiger partial charge in [0.25, 0.3) is 0 Å². The highest BCUT2D eigenvalue weighted by Gasteiger charge is 2.23. The normalized spacial score (nSPS) is 13.1. The number of halogens is 1. The first kappa shape index (κ1) is 15.1. The minimum atomic E-state index is -0.0298. The Kier molecular flexibility index (Phi) is 5.27. The predicted octanol–water partition coefficient (Wildman–Crippen LogP) is 1.02. The number of nitrogens with zero attached hydrogens (tertiary/aromatic N) is 5. The Labute approximate surface area is 126 Å². The van der Waals surface area contributed by atoms with Crippen LogP contribution in [0.5, 0.6) is 0 Å². The molecule has 0 aliphatic heterocycles. The number of hydrogen-bond acceptors (Lipinski definition) is 5. The van der Waals surface area contributed by atoms with Crippen LogP contribution in [0.1, 0.15) is 24.4 Å². The van der Waals surface area contributed by atoms with Crippen LogP contribution >= 0.6 is 15.9 Å². The third kappa shape index (κ3) is 3.44. The molecule has 2 heterocycles. The first-order valence-corrected chi connectivity index (χ1v) is 7.37. The molecule has 1 atom stereocenters. The van der Waals surface area contributed by atoms with Crippen molar-refractivity contribution < 1.29 is 0 Å². The number of rotatable bonds is 7. The molecule has 0 saturated carbocycles. The number of nitrogens with one attached hydrogen (secondary N) is 2. The van der Waals surface area contributed by atoms with Crippen LogP contribution in [-0.4, -0.2) is 57.3 Å². The maximum Gasteiger partial charge on any atom is 0.106 e. The van der Waals surface area contributed by atoms with Gasteiger partial charge in [-0.2, -0.15) is 20.5 Å². The number of H-pyrrole nitrogens is 1. The Morgan fingerprint density at radius 2 is 2.25 bits per heavy atom. The molecule has 2 N–H and O–H groups in total. The minimum Gasteiger partial charge on any atom is -0.308 e. The van der Waals surface area contributed by atoms with E-state index in [-0.39, 0.29) is 6.04 Å². The molecule has 0 aliphatic rings. The molecule has 2 rings (SSSR count). The van der Waals surface area contributed by atoms with E-state index in [1.165, 1.54) is 0 Å². The molecule has 8 heteroatoms. The Balaban J connectivity index is 2.30. The van der Waals surface area contributed by atoms with Crippen molar-refractivity contribution in [1.82, 2.24) is 35.4 Å². The molecule has 0 aromatic carbocycles. The average molecular weight is 342 g/mol. The summed E-state index contributed by atoms with van der Waals surface area (Å²) in [5.74, 6) is 0.